The van der Waals surface area contributed by atoms with Gasteiger partial charge >= 0.3 is 5.97 Å². The smallest absolute Gasteiger partial charge is 0.312 e. The molecule has 0 aromatic rings. The van der Waals surface area contributed by atoms with Crippen LogP contribution in [0.15, 0.2) is 12.2 Å². The van der Waals surface area contributed by atoms with E-state index in [0.29, 0.717) is 13.1 Å². The average Bonchev–Trinajstić information content (AvgIpc) is 3.22. The number of carbonyl (C=O) groups excluding carboxylic acids is 2. The lowest BCUT2D eigenvalue weighted by Gasteiger charge is -2.23. The lowest BCUT2D eigenvalue weighted by Crippen LogP contribution is -2.40. The van der Waals surface area contributed by atoms with Crippen molar-refractivity contribution >= 4 is 11.9 Å². The van der Waals surface area contributed by atoms with Gasteiger partial charge in [0, 0.05) is 13.2 Å². The number of hydrogen-bond acceptors (Lipinski definition) is 5. The third-order valence-electron chi connectivity index (χ3n) is 5.10. The monoisotopic (exact) mass is 293 g/mol. The first kappa shape index (κ1) is 13.3. The summed E-state index contributed by atoms with van der Waals surface area (Å²) >= 11 is 0. The summed E-state index contributed by atoms with van der Waals surface area (Å²) in [5, 5.41) is 0. The van der Waals surface area contributed by atoms with Crippen molar-refractivity contribution in [2.24, 2.45) is 11.8 Å². The van der Waals surface area contributed by atoms with E-state index < -0.39 is 17.4 Å². The molecule has 6 nitrogen and oxygen atoms in total. The zero-order chi connectivity index (χ0) is 14.6. The maximum atomic E-state index is 12.7. The summed E-state index contributed by atoms with van der Waals surface area (Å²) in [5.74, 6) is -1.32. The molecule has 0 aromatic heterocycles. The number of hydrogen-bond donors (Lipinski definition) is 0. The summed E-state index contributed by atoms with van der Waals surface area (Å²) in [5.41, 5.74) is -0.640. The SMILES string of the molecule is COC(=O)[C@@H]1[C@@H]2C=C[C@]3(CN(C[C@H]4CCCO4)C(=O)[C@H]13)O2. The molecule has 0 aliphatic carbocycles. The van der Waals surface area contributed by atoms with Crippen LogP contribution in [-0.2, 0) is 23.8 Å². The van der Waals surface area contributed by atoms with E-state index in [9.17, 15) is 9.59 Å². The van der Waals surface area contributed by atoms with E-state index in [1.54, 1.807) is 4.90 Å². The lowest BCUT2D eigenvalue weighted by atomic mass is 9.77. The Morgan fingerprint density at radius 2 is 2.43 bits per heavy atom. The van der Waals surface area contributed by atoms with E-state index in [1.165, 1.54) is 7.11 Å². The fourth-order valence-corrected chi connectivity index (χ4v) is 4.17. The van der Waals surface area contributed by atoms with Crippen molar-refractivity contribution < 1.29 is 23.8 Å². The zero-order valence-corrected chi connectivity index (χ0v) is 12.0. The van der Waals surface area contributed by atoms with Crippen LogP contribution in [0.25, 0.3) is 0 Å². The fraction of sp³-hybridized carbons (Fsp3) is 0.733. The fourth-order valence-electron chi connectivity index (χ4n) is 4.17. The highest BCUT2D eigenvalue weighted by Crippen LogP contribution is 2.52. The van der Waals surface area contributed by atoms with Gasteiger partial charge in [0.25, 0.3) is 0 Å². The van der Waals surface area contributed by atoms with E-state index in [0.717, 1.165) is 19.4 Å². The molecule has 3 fully saturated rings. The van der Waals surface area contributed by atoms with Gasteiger partial charge in [-0.1, -0.05) is 12.2 Å². The van der Waals surface area contributed by atoms with Gasteiger partial charge in [0.2, 0.25) is 5.91 Å². The van der Waals surface area contributed by atoms with Crippen LogP contribution in [0, 0.1) is 11.8 Å². The van der Waals surface area contributed by atoms with Crippen LogP contribution in [0.5, 0.6) is 0 Å². The van der Waals surface area contributed by atoms with Crippen LogP contribution in [0.2, 0.25) is 0 Å². The third-order valence-corrected chi connectivity index (χ3v) is 5.10. The van der Waals surface area contributed by atoms with Crippen molar-refractivity contribution in [2.75, 3.05) is 26.8 Å². The molecule has 1 spiro atoms. The van der Waals surface area contributed by atoms with Gasteiger partial charge in [0.05, 0.1) is 31.8 Å². The van der Waals surface area contributed by atoms with Crippen LogP contribution in [0.4, 0.5) is 0 Å². The largest absolute Gasteiger partial charge is 0.469 e. The Balaban J connectivity index is 1.57. The average molecular weight is 293 g/mol. The van der Waals surface area contributed by atoms with Crippen molar-refractivity contribution in [3.05, 3.63) is 12.2 Å². The molecule has 3 saturated heterocycles. The Morgan fingerprint density at radius 3 is 3.14 bits per heavy atom. The molecule has 4 aliphatic heterocycles. The minimum absolute atomic E-state index is 0.00671. The maximum Gasteiger partial charge on any atom is 0.312 e. The first-order valence-electron chi connectivity index (χ1n) is 7.50. The van der Waals surface area contributed by atoms with Crippen LogP contribution in [0.3, 0.4) is 0 Å². The highest BCUT2D eigenvalue weighted by molar-refractivity contribution is 5.91. The van der Waals surface area contributed by atoms with E-state index in [2.05, 4.69) is 0 Å². The second-order valence-corrected chi connectivity index (χ2v) is 6.28. The van der Waals surface area contributed by atoms with Gasteiger partial charge < -0.3 is 19.1 Å². The number of fused-ring (bicyclic) bond motifs is 1. The topological polar surface area (TPSA) is 65.1 Å². The van der Waals surface area contributed by atoms with Crippen LogP contribution in [0.1, 0.15) is 12.8 Å². The molecule has 0 aromatic carbocycles. The number of likely N-dealkylation sites (tertiary alicyclic amines) is 1. The predicted octanol–water partition coefficient (Wildman–Crippen LogP) is 0.120. The number of nitrogens with zero attached hydrogens (tertiary/aromatic N) is 1. The molecule has 5 atom stereocenters. The Kier molecular flexibility index (Phi) is 2.87. The molecule has 0 unspecified atom stereocenters. The molecule has 4 rings (SSSR count). The molecule has 4 aliphatic rings. The van der Waals surface area contributed by atoms with Gasteiger partial charge in [-0.15, -0.1) is 0 Å². The van der Waals surface area contributed by atoms with Gasteiger partial charge in [-0.05, 0) is 12.8 Å². The quantitative estimate of drug-likeness (QED) is 0.546. The van der Waals surface area contributed by atoms with E-state index >= 15 is 0 Å². The van der Waals surface area contributed by atoms with E-state index in [1.807, 2.05) is 12.2 Å². The standard InChI is InChI=1S/C15H19NO5/c1-19-14(18)11-10-4-5-15(21-10)8-16(13(17)12(11)15)7-9-3-2-6-20-9/h4-5,9-12H,2-3,6-8H2,1H3/t9-,10+,11-,12+,15-/m1/s1. The molecular formula is C15H19NO5. The Bertz CT molecular complexity index is 512. The van der Waals surface area contributed by atoms with Crippen LogP contribution in [-0.4, -0.2) is 61.4 Å². The Morgan fingerprint density at radius 1 is 1.57 bits per heavy atom. The molecular weight excluding hydrogens is 274 g/mol. The van der Waals surface area contributed by atoms with Gasteiger partial charge in [-0.2, -0.15) is 0 Å². The normalized spacial score (nSPS) is 43.7. The highest BCUT2D eigenvalue weighted by atomic mass is 16.5. The summed E-state index contributed by atoms with van der Waals surface area (Å²) in [7, 11) is 1.36. The highest BCUT2D eigenvalue weighted by Gasteiger charge is 2.67. The molecule has 1 amide bonds. The van der Waals surface area contributed by atoms with Crippen molar-refractivity contribution in [3.8, 4) is 0 Å². The van der Waals surface area contributed by atoms with E-state index in [-0.39, 0.29) is 24.1 Å². The Hall–Kier alpha value is -1.40. The summed E-state index contributed by atoms with van der Waals surface area (Å²) in [4.78, 5) is 26.5. The number of methoxy groups -OCH3 is 1. The molecule has 0 radical (unpaired) electrons. The molecule has 2 bridgehead atoms. The zero-order valence-electron chi connectivity index (χ0n) is 12.0. The number of esters is 1. The van der Waals surface area contributed by atoms with E-state index in [4.69, 9.17) is 14.2 Å². The number of carbonyl (C=O) groups is 2. The van der Waals surface area contributed by atoms with Crippen LogP contribution >= 0.6 is 0 Å². The van der Waals surface area contributed by atoms with Crippen molar-refractivity contribution in [1.29, 1.82) is 0 Å². The minimum Gasteiger partial charge on any atom is -0.469 e. The third kappa shape index (κ3) is 1.78. The predicted molar refractivity (Wildman–Crippen MR) is 71.3 cm³/mol. The van der Waals surface area contributed by atoms with Gasteiger partial charge in [0.15, 0.2) is 0 Å². The summed E-state index contributed by atoms with van der Waals surface area (Å²) in [6.07, 6.45) is 5.67. The molecule has 21 heavy (non-hydrogen) atoms. The minimum atomic E-state index is -0.640. The maximum absolute atomic E-state index is 12.7. The molecule has 114 valence electrons. The molecule has 0 saturated carbocycles. The first-order valence-corrected chi connectivity index (χ1v) is 7.50. The lowest BCUT2D eigenvalue weighted by molar-refractivity contribution is -0.151. The van der Waals surface area contributed by atoms with Crippen LogP contribution < -0.4 is 0 Å². The second-order valence-electron chi connectivity index (χ2n) is 6.28. The number of rotatable bonds is 3. The van der Waals surface area contributed by atoms with Gasteiger partial charge in [0.1, 0.15) is 11.5 Å². The number of ether oxygens (including phenoxy) is 3. The van der Waals surface area contributed by atoms with Gasteiger partial charge in [-0.3, -0.25) is 9.59 Å². The van der Waals surface area contributed by atoms with Crippen molar-refractivity contribution in [1.82, 2.24) is 4.90 Å². The first-order chi connectivity index (χ1) is 10.1. The van der Waals surface area contributed by atoms with Gasteiger partial charge in [-0.25, -0.2) is 0 Å². The number of amides is 1. The molecule has 4 heterocycles. The molecule has 0 N–H and O–H groups in total. The van der Waals surface area contributed by atoms with Crippen molar-refractivity contribution in [3.63, 3.8) is 0 Å². The summed E-state index contributed by atoms with van der Waals surface area (Å²) in [6.45, 7) is 1.87. The van der Waals surface area contributed by atoms with Crippen molar-refractivity contribution in [2.45, 2.75) is 30.7 Å². The summed E-state index contributed by atoms with van der Waals surface area (Å²) in [6, 6.07) is 0. The Labute approximate surface area is 123 Å². The summed E-state index contributed by atoms with van der Waals surface area (Å²) < 4.78 is 16.4. The second kappa shape index (κ2) is 4.55. The molecule has 6 heteroatoms.